The fraction of sp³-hybridized carbons (Fsp3) is 0.471. The number of nitrogens with one attached hydrogen (secondary N) is 1. The minimum atomic E-state index is -1.33. The van der Waals surface area contributed by atoms with Gasteiger partial charge >= 0.3 is 12.1 Å². The topological polar surface area (TPSA) is 205 Å². The predicted octanol–water partition coefficient (Wildman–Crippen LogP) is 3.12. The molecule has 4 heterocycles. The number of fused-ring (bicyclic) bond motifs is 3. The number of morpholine rings is 1. The predicted molar refractivity (Wildman–Crippen MR) is 178 cm³/mol. The van der Waals surface area contributed by atoms with Crippen LogP contribution in [-0.4, -0.2) is 108 Å². The highest BCUT2D eigenvalue weighted by molar-refractivity contribution is 6.05. The Morgan fingerprint density at radius 1 is 1.04 bits per heavy atom. The van der Waals surface area contributed by atoms with Gasteiger partial charge in [-0.05, 0) is 50.5 Å². The third kappa shape index (κ3) is 10.3. The van der Waals surface area contributed by atoms with Gasteiger partial charge in [0.15, 0.2) is 23.5 Å². The number of benzene rings is 1. The highest BCUT2D eigenvalue weighted by Crippen LogP contribution is 2.35. The standard InChI is InChI=1S/C34H41N5O11/c1-22(20-40)48-28(43)21-47-27(42)11-5-10-26(41)35-12-2-3-16-46-34(44)49-24-8-4-7-23(19-24)31-37-29-25-9-6-13-36-33(25)50-30(29)32(38-31)39-14-17-45-18-15-39/h4,6-9,13,19,22,28,40,43H,2-3,5,10-12,14-18,20-21H2,1H3,(H,35,41). The third-order valence-corrected chi connectivity index (χ3v) is 7.61. The van der Waals surface area contributed by atoms with Gasteiger partial charge in [0.1, 0.15) is 17.9 Å². The summed E-state index contributed by atoms with van der Waals surface area (Å²) in [7, 11) is 0. The summed E-state index contributed by atoms with van der Waals surface area (Å²) >= 11 is 0. The fourth-order valence-electron chi connectivity index (χ4n) is 5.09. The van der Waals surface area contributed by atoms with E-state index < -0.39 is 24.5 Å². The van der Waals surface area contributed by atoms with Gasteiger partial charge in [-0.15, -0.1) is 0 Å². The van der Waals surface area contributed by atoms with Gasteiger partial charge in [-0.2, -0.15) is 0 Å². The lowest BCUT2D eigenvalue weighted by atomic mass is 10.2. The summed E-state index contributed by atoms with van der Waals surface area (Å²) in [5.41, 5.74) is 2.29. The molecule has 0 aliphatic carbocycles. The molecule has 268 valence electrons. The van der Waals surface area contributed by atoms with Gasteiger partial charge in [0.2, 0.25) is 11.6 Å². The largest absolute Gasteiger partial charge is 0.513 e. The van der Waals surface area contributed by atoms with Crippen LogP contribution in [0.25, 0.3) is 33.6 Å². The number of anilines is 1. The maximum atomic E-state index is 12.4. The Hall–Kier alpha value is -4.90. The highest BCUT2D eigenvalue weighted by Gasteiger charge is 2.23. The summed E-state index contributed by atoms with van der Waals surface area (Å²) < 4.78 is 32.1. The van der Waals surface area contributed by atoms with Crippen LogP contribution >= 0.6 is 0 Å². The van der Waals surface area contributed by atoms with Crippen molar-refractivity contribution in [2.45, 2.75) is 51.4 Å². The number of aliphatic hydroxyl groups excluding tert-OH is 2. The van der Waals surface area contributed by atoms with E-state index >= 15 is 0 Å². The van der Waals surface area contributed by atoms with E-state index in [-0.39, 0.29) is 50.7 Å². The van der Waals surface area contributed by atoms with Crippen LogP contribution in [0.5, 0.6) is 5.75 Å². The molecule has 3 N–H and O–H groups in total. The number of esters is 1. The molecule has 1 aliphatic heterocycles. The number of aromatic nitrogens is 3. The first kappa shape index (κ1) is 36.4. The molecule has 1 aliphatic rings. The van der Waals surface area contributed by atoms with Gasteiger partial charge < -0.3 is 48.5 Å². The van der Waals surface area contributed by atoms with Crippen molar-refractivity contribution in [3.05, 3.63) is 42.6 Å². The molecule has 0 spiro atoms. The van der Waals surface area contributed by atoms with E-state index in [9.17, 15) is 19.5 Å². The van der Waals surface area contributed by atoms with E-state index in [0.29, 0.717) is 79.7 Å². The number of furan rings is 1. The lowest BCUT2D eigenvalue weighted by Gasteiger charge is -2.27. The third-order valence-electron chi connectivity index (χ3n) is 7.61. The molecule has 0 radical (unpaired) electrons. The van der Waals surface area contributed by atoms with Crippen LogP contribution in [0.4, 0.5) is 10.6 Å². The second-order valence-electron chi connectivity index (χ2n) is 11.5. The summed E-state index contributed by atoms with van der Waals surface area (Å²) in [4.78, 5) is 52.3. The van der Waals surface area contributed by atoms with Gasteiger partial charge in [0.25, 0.3) is 0 Å². The van der Waals surface area contributed by atoms with Crippen LogP contribution in [0.3, 0.4) is 0 Å². The lowest BCUT2D eigenvalue weighted by molar-refractivity contribution is -0.180. The van der Waals surface area contributed by atoms with Crippen LogP contribution < -0.4 is 15.0 Å². The molecule has 5 rings (SSSR count). The number of nitrogens with zero attached hydrogens (tertiary/aromatic N) is 4. The van der Waals surface area contributed by atoms with Crippen molar-refractivity contribution in [3.8, 4) is 17.1 Å². The molecule has 16 nitrogen and oxygen atoms in total. The molecular weight excluding hydrogens is 654 g/mol. The SMILES string of the molecule is CC(CO)OC(O)COC(=O)CCCC(=O)NCCCCOC(=O)Oc1cccc(-c2nc(N3CCOCC3)c3oc4ncccc4c3n2)c1. The zero-order chi connectivity index (χ0) is 35.3. The minimum absolute atomic E-state index is 0.00553. The second-order valence-corrected chi connectivity index (χ2v) is 11.5. The summed E-state index contributed by atoms with van der Waals surface area (Å²) in [6.45, 7) is 3.82. The smallest absolute Gasteiger partial charge is 0.460 e. The Labute approximate surface area is 287 Å². The van der Waals surface area contributed by atoms with Crippen LogP contribution in [0.1, 0.15) is 39.0 Å². The van der Waals surface area contributed by atoms with E-state index in [0.717, 1.165) is 5.39 Å². The Kier molecular flexibility index (Phi) is 13.2. The number of hydrogen-bond acceptors (Lipinski definition) is 15. The highest BCUT2D eigenvalue weighted by atomic mass is 16.7. The van der Waals surface area contributed by atoms with Gasteiger partial charge in [0, 0.05) is 44.2 Å². The maximum Gasteiger partial charge on any atom is 0.513 e. The Bertz CT molecular complexity index is 1740. The van der Waals surface area contributed by atoms with Crippen LogP contribution in [0, 0.1) is 0 Å². The van der Waals surface area contributed by atoms with Crippen molar-refractivity contribution in [2.24, 2.45) is 0 Å². The van der Waals surface area contributed by atoms with Crippen LogP contribution in [0.2, 0.25) is 0 Å². The number of rotatable bonds is 17. The molecule has 3 aromatic heterocycles. The first-order chi connectivity index (χ1) is 24.3. The van der Waals surface area contributed by atoms with Crippen molar-refractivity contribution in [3.63, 3.8) is 0 Å². The van der Waals surface area contributed by atoms with Crippen molar-refractivity contribution in [1.29, 1.82) is 0 Å². The molecule has 1 amide bonds. The van der Waals surface area contributed by atoms with E-state index in [1.807, 2.05) is 18.2 Å². The Morgan fingerprint density at radius 3 is 2.70 bits per heavy atom. The van der Waals surface area contributed by atoms with E-state index in [1.165, 1.54) is 0 Å². The van der Waals surface area contributed by atoms with Crippen molar-refractivity contribution >= 4 is 46.0 Å². The van der Waals surface area contributed by atoms with E-state index in [4.69, 9.17) is 43.2 Å². The molecule has 1 fully saturated rings. The summed E-state index contributed by atoms with van der Waals surface area (Å²) in [5, 5.41) is 22.0. The summed E-state index contributed by atoms with van der Waals surface area (Å²) in [6.07, 6.45) is 0.340. The van der Waals surface area contributed by atoms with Gasteiger partial charge in [-0.25, -0.2) is 19.7 Å². The van der Waals surface area contributed by atoms with Crippen LogP contribution in [0.15, 0.2) is 47.0 Å². The van der Waals surface area contributed by atoms with Gasteiger partial charge in [-0.3, -0.25) is 9.59 Å². The molecule has 2 atom stereocenters. The summed E-state index contributed by atoms with van der Waals surface area (Å²) in [5.74, 6) is 0.542. The molecular formula is C34H41N5O11. The molecule has 0 saturated carbocycles. The molecule has 1 aromatic carbocycles. The van der Waals surface area contributed by atoms with Gasteiger partial charge in [-0.1, -0.05) is 12.1 Å². The first-order valence-electron chi connectivity index (χ1n) is 16.5. The van der Waals surface area contributed by atoms with Gasteiger partial charge in [0.05, 0.1) is 37.9 Å². The number of ether oxygens (including phenoxy) is 5. The van der Waals surface area contributed by atoms with E-state index in [1.54, 1.807) is 31.3 Å². The second kappa shape index (κ2) is 18.2. The first-order valence-corrected chi connectivity index (χ1v) is 16.5. The quantitative estimate of drug-likeness (QED) is 0.0628. The molecule has 2 unspecified atom stereocenters. The monoisotopic (exact) mass is 695 g/mol. The Balaban J connectivity index is 1.04. The van der Waals surface area contributed by atoms with Crippen molar-refractivity contribution in [1.82, 2.24) is 20.3 Å². The average Bonchev–Trinajstić information content (AvgIpc) is 3.51. The maximum absolute atomic E-state index is 12.4. The normalized spacial score (nSPS) is 14.3. The van der Waals surface area contributed by atoms with E-state index in [2.05, 4.69) is 15.2 Å². The lowest BCUT2D eigenvalue weighted by Crippen LogP contribution is -2.37. The summed E-state index contributed by atoms with van der Waals surface area (Å²) in [6, 6.07) is 10.6. The number of amides is 1. The number of unbranched alkanes of at least 4 members (excludes halogenated alkanes) is 1. The Morgan fingerprint density at radius 2 is 1.88 bits per heavy atom. The zero-order valence-electron chi connectivity index (χ0n) is 27.7. The molecule has 1 saturated heterocycles. The molecule has 4 aromatic rings. The fourth-order valence-corrected chi connectivity index (χ4v) is 5.09. The number of carbonyl (C=O) groups excluding carboxylic acids is 3. The van der Waals surface area contributed by atoms with Crippen LogP contribution in [-0.2, 0) is 28.5 Å². The number of pyridine rings is 1. The van der Waals surface area contributed by atoms with Crippen molar-refractivity contribution < 1.29 is 52.7 Å². The molecule has 50 heavy (non-hydrogen) atoms. The average molecular weight is 696 g/mol. The minimum Gasteiger partial charge on any atom is -0.460 e. The zero-order valence-corrected chi connectivity index (χ0v) is 27.7. The molecule has 16 heteroatoms. The number of hydrogen-bond donors (Lipinski definition) is 3. The molecule has 0 bridgehead atoms. The number of carbonyl (C=O) groups is 3. The van der Waals surface area contributed by atoms with Crippen molar-refractivity contribution in [2.75, 3.05) is 57.6 Å². The number of aliphatic hydroxyl groups is 2.